The quantitative estimate of drug-likeness (QED) is 0.816. The van der Waals surface area contributed by atoms with Gasteiger partial charge in [0.05, 0.1) is 18.0 Å². The maximum Gasteiger partial charge on any atom is 0.132 e. The van der Waals surface area contributed by atoms with Crippen molar-refractivity contribution in [3.63, 3.8) is 0 Å². The van der Waals surface area contributed by atoms with Crippen LogP contribution in [0.25, 0.3) is 11.3 Å². The van der Waals surface area contributed by atoms with E-state index in [9.17, 15) is 9.50 Å². The molecule has 2 heterocycles. The van der Waals surface area contributed by atoms with E-state index in [4.69, 9.17) is 0 Å². The van der Waals surface area contributed by atoms with Gasteiger partial charge in [0.1, 0.15) is 11.6 Å². The van der Waals surface area contributed by atoms with Crippen LogP contribution >= 0.6 is 0 Å². The lowest BCUT2D eigenvalue weighted by Gasteiger charge is -2.20. The van der Waals surface area contributed by atoms with Gasteiger partial charge >= 0.3 is 0 Å². The van der Waals surface area contributed by atoms with E-state index in [0.29, 0.717) is 24.9 Å². The highest BCUT2D eigenvalue weighted by Crippen LogP contribution is 2.26. The maximum absolute atomic E-state index is 13.7. The molecule has 3 rings (SSSR count). The molecule has 0 spiro atoms. The first-order valence-electron chi connectivity index (χ1n) is 5.73. The predicted molar refractivity (Wildman–Crippen MR) is 61.9 cm³/mol. The first kappa shape index (κ1) is 10.5. The average molecular weight is 232 g/mol. The number of imidazole rings is 1. The minimum Gasteiger partial charge on any atom is -0.393 e. The van der Waals surface area contributed by atoms with Gasteiger partial charge < -0.3 is 9.67 Å². The van der Waals surface area contributed by atoms with E-state index < -0.39 is 0 Å². The molecule has 0 amide bonds. The molecule has 1 aromatic carbocycles. The van der Waals surface area contributed by atoms with Gasteiger partial charge in [-0.3, -0.25) is 0 Å². The Morgan fingerprint density at radius 3 is 3.00 bits per heavy atom. The van der Waals surface area contributed by atoms with Crippen LogP contribution in [0.3, 0.4) is 0 Å². The van der Waals surface area contributed by atoms with Crippen molar-refractivity contribution in [2.24, 2.45) is 0 Å². The minimum atomic E-state index is -0.321. The Kier molecular flexibility index (Phi) is 2.44. The lowest BCUT2D eigenvalue weighted by molar-refractivity contribution is 0.142. The number of hydrogen-bond acceptors (Lipinski definition) is 2. The summed E-state index contributed by atoms with van der Waals surface area (Å²) in [5.74, 6) is 0.600. The van der Waals surface area contributed by atoms with Crippen LogP contribution in [0.2, 0.25) is 0 Å². The Hall–Kier alpha value is -1.68. The Morgan fingerprint density at radius 2 is 2.18 bits per heavy atom. The first-order valence-corrected chi connectivity index (χ1v) is 5.73. The number of aliphatic hydroxyl groups excluding tert-OH is 1. The summed E-state index contributed by atoms with van der Waals surface area (Å²) >= 11 is 0. The van der Waals surface area contributed by atoms with Crippen LogP contribution < -0.4 is 0 Å². The average Bonchev–Trinajstić information content (AvgIpc) is 2.72. The zero-order valence-electron chi connectivity index (χ0n) is 9.31. The second-order valence-corrected chi connectivity index (χ2v) is 4.34. The van der Waals surface area contributed by atoms with Crippen molar-refractivity contribution < 1.29 is 9.50 Å². The van der Waals surface area contributed by atoms with E-state index in [-0.39, 0.29) is 11.9 Å². The molecular weight excluding hydrogens is 219 g/mol. The van der Waals surface area contributed by atoms with Gasteiger partial charge in [-0.15, -0.1) is 0 Å². The third-order valence-corrected chi connectivity index (χ3v) is 3.19. The van der Waals surface area contributed by atoms with Crippen molar-refractivity contribution in [1.82, 2.24) is 9.55 Å². The lowest BCUT2D eigenvalue weighted by atomic mass is 10.1. The number of benzene rings is 1. The Labute approximate surface area is 98.5 Å². The molecule has 2 aromatic rings. The predicted octanol–water partition coefficient (Wildman–Crippen LogP) is 2.00. The zero-order chi connectivity index (χ0) is 11.8. The molecule has 1 aliphatic heterocycles. The van der Waals surface area contributed by atoms with Crippen LogP contribution in [-0.4, -0.2) is 20.8 Å². The number of fused-ring (bicyclic) bond motifs is 1. The fraction of sp³-hybridized carbons (Fsp3) is 0.308. The van der Waals surface area contributed by atoms with Gasteiger partial charge in [-0.05, 0) is 18.6 Å². The summed E-state index contributed by atoms with van der Waals surface area (Å²) in [6, 6.07) is 6.70. The van der Waals surface area contributed by atoms with Crippen molar-refractivity contribution in [2.75, 3.05) is 0 Å². The summed E-state index contributed by atoms with van der Waals surface area (Å²) in [4.78, 5) is 4.26. The SMILES string of the molecule is OC1CCn2c(-c3ccccc3F)cnc2C1. The molecule has 3 nitrogen and oxygen atoms in total. The number of hydrogen-bond donors (Lipinski definition) is 1. The van der Waals surface area contributed by atoms with E-state index >= 15 is 0 Å². The van der Waals surface area contributed by atoms with E-state index in [2.05, 4.69) is 4.98 Å². The van der Waals surface area contributed by atoms with Crippen molar-refractivity contribution in [1.29, 1.82) is 0 Å². The van der Waals surface area contributed by atoms with Gasteiger partial charge in [-0.2, -0.15) is 0 Å². The van der Waals surface area contributed by atoms with E-state index in [1.807, 2.05) is 10.6 Å². The van der Waals surface area contributed by atoms with E-state index in [1.165, 1.54) is 6.07 Å². The van der Waals surface area contributed by atoms with Crippen LogP contribution in [0.5, 0.6) is 0 Å². The van der Waals surface area contributed by atoms with Gasteiger partial charge in [0, 0.05) is 18.5 Å². The number of aromatic nitrogens is 2. The smallest absolute Gasteiger partial charge is 0.132 e. The van der Waals surface area contributed by atoms with Crippen LogP contribution in [0.1, 0.15) is 12.2 Å². The topological polar surface area (TPSA) is 38.0 Å². The third-order valence-electron chi connectivity index (χ3n) is 3.19. The Balaban J connectivity index is 2.09. The summed E-state index contributed by atoms with van der Waals surface area (Å²) < 4.78 is 15.7. The standard InChI is InChI=1S/C13H13FN2O/c14-11-4-2-1-3-10(11)12-8-15-13-7-9(17)5-6-16(12)13/h1-4,8-9,17H,5-7H2. The summed E-state index contributed by atoms with van der Waals surface area (Å²) in [6.07, 6.45) is 2.61. The first-order chi connectivity index (χ1) is 8.25. The fourth-order valence-corrected chi connectivity index (χ4v) is 2.30. The summed E-state index contributed by atoms with van der Waals surface area (Å²) in [6.45, 7) is 0.695. The van der Waals surface area contributed by atoms with Crippen molar-refractivity contribution >= 4 is 0 Å². The highest BCUT2D eigenvalue weighted by molar-refractivity contribution is 5.60. The van der Waals surface area contributed by atoms with Crippen LogP contribution in [0, 0.1) is 5.82 Å². The van der Waals surface area contributed by atoms with Crippen LogP contribution in [0.4, 0.5) is 4.39 Å². The van der Waals surface area contributed by atoms with Gasteiger partial charge in [-0.25, -0.2) is 9.37 Å². The number of nitrogens with zero attached hydrogens (tertiary/aromatic N) is 2. The molecule has 1 N–H and O–H groups in total. The molecule has 1 unspecified atom stereocenters. The summed E-state index contributed by atoms with van der Waals surface area (Å²) in [5, 5.41) is 9.56. The second kappa shape index (κ2) is 3.96. The second-order valence-electron chi connectivity index (χ2n) is 4.34. The molecule has 0 bridgehead atoms. The third kappa shape index (κ3) is 1.74. The van der Waals surface area contributed by atoms with Crippen molar-refractivity contribution in [2.45, 2.75) is 25.5 Å². The molecule has 0 saturated carbocycles. The molecule has 17 heavy (non-hydrogen) atoms. The maximum atomic E-state index is 13.7. The number of rotatable bonds is 1. The van der Waals surface area contributed by atoms with Gasteiger partial charge in [-0.1, -0.05) is 12.1 Å². The Morgan fingerprint density at radius 1 is 1.35 bits per heavy atom. The molecule has 0 fully saturated rings. The monoisotopic (exact) mass is 232 g/mol. The number of halogens is 1. The fourth-order valence-electron chi connectivity index (χ4n) is 2.30. The van der Waals surface area contributed by atoms with E-state index in [0.717, 1.165) is 11.5 Å². The molecule has 1 atom stereocenters. The van der Waals surface area contributed by atoms with Crippen LogP contribution in [0.15, 0.2) is 30.5 Å². The van der Waals surface area contributed by atoms with E-state index in [1.54, 1.807) is 18.3 Å². The zero-order valence-corrected chi connectivity index (χ0v) is 9.31. The van der Waals surface area contributed by atoms with Crippen molar-refractivity contribution in [3.8, 4) is 11.3 Å². The van der Waals surface area contributed by atoms with Gasteiger partial charge in [0.2, 0.25) is 0 Å². The summed E-state index contributed by atoms with van der Waals surface area (Å²) in [5.41, 5.74) is 1.37. The van der Waals surface area contributed by atoms with Gasteiger partial charge in [0.25, 0.3) is 0 Å². The highest BCUT2D eigenvalue weighted by Gasteiger charge is 2.21. The van der Waals surface area contributed by atoms with Crippen molar-refractivity contribution in [3.05, 3.63) is 42.1 Å². The normalized spacial score (nSPS) is 19.1. The molecular formula is C13H13FN2O. The van der Waals surface area contributed by atoms with Crippen LogP contribution in [-0.2, 0) is 13.0 Å². The molecule has 0 aliphatic carbocycles. The molecule has 4 heteroatoms. The summed E-state index contributed by atoms with van der Waals surface area (Å²) in [7, 11) is 0. The molecule has 0 saturated heterocycles. The number of aliphatic hydroxyl groups is 1. The largest absolute Gasteiger partial charge is 0.393 e. The van der Waals surface area contributed by atoms with Gasteiger partial charge in [0.15, 0.2) is 0 Å². The molecule has 88 valence electrons. The Bertz CT molecular complexity index is 550. The minimum absolute atomic E-state index is 0.235. The molecule has 1 aromatic heterocycles. The molecule has 1 aliphatic rings. The lowest BCUT2D eigenvalue weighted by Crippen LogP contribution is -2.23. The molecule has 0 radical (unpaired) electrons. The highest BCUT2D eigenvalue weighted by atomic mass is 19.1.